The molecule has 2 amide bonds. The maximum absolute atomic E-state index is 12.9. The Labute approximate surface area is 149 Å². The van der Waals surface area contributed by atoms with Gasteiger partial charge in [-0.05, 0) is 64.3 Å². The Morgan fingerprint density at radius 3 is 2.28 bits per heavy atom. The van der Waals surface area contributed by atoms with Gasteiger partial charge >= 0.3 is 0 Å². The first-order chi connectivity index (χ1) is 12.0. The van der Waals surface area contributed by atoms with E-state index in [0.717, 1.165) is 44.6 Å². The topological polar surface area (TPSA) is 52.7 Å². The van der Waals surface area contributed by atoms with Crippen LogP contribution in [0.1, 0.15) is 33.1 Å². The van der Waals surface area contributed by atoms with Gasteiger partial charge in [0.25, 0.3) is 0 Å². The van der Waals surface area contributed by atoms with Crippen molar-refractivity contribution in [2.24, 2.45) is 11.3 Å². The summed E-state index contributed by atoms with van der Waals surface area (Å²) in [6.45, 7) is 6.79. The van der Waals surface area contributed by atoms with Crippen LogP contribution in [0.3, 0.4) is 0 Å². The quantitative estimate of drug-likeness (QED) is 0.856. The van der Waals surface area contributed by atoms with Crippen molar-refractivity contribution >= 4 is 17.5 Å². The molecule has 134 valence electrons. The zero-order valence-corrected chi connectivity index (χ0v) is 15.1. The zero-order valence-electron chi connectivity index (χ0n) is 15.1. The fourth-order valence-corrected chi connectivity index (χ4v) is 4.71. The van der Waals surface area contributed by atoms with Gasteiger partial charge in [0.05, 0.1) is 11.5 Å². The number of piperidine rings is 1. The van der Waals surface area contributed by atoms with Crippen molar-refractivity contribution in [3.8, 4) is 0 Å². The molecule has 0 aliphatic carbocycles. The van der Waals surface area contributed by atoms with Crippen molar-refractivity contribution in [3.63, 3.8) is 0 Å². The first kappa shape index (κ1) is 16.6. The fraction of sp³-hybridized carbons (Fsp3) is 0.600. The van der Waals surface area contributed by atoms with Crippen LogP contribution in [0.25, 0.3) is 0 Å². The summed E-state index contributed by atoms with van der Waals surface area (Å²) in [6, 6.07) is 10.3. The highest BCUT2D eigenvalue weighted by atomic mass is 16.2. The molecule has 4 rings (SSSR count). The van der Waals surface area contributed by atoms with Gasteiger partial charge in [0.2, 0.25) is 11.8 Å². The van der Waals surface area contributed by atoms with Crippen molar-refractivity contribution in [3.05, 3.63) is 30.3 Å². The minimum atomic E-state index is -0.236. The second kappa shape index (κ2) is 6.13. The van der Waals surface area contributed by atoms with E-state index in [1.165, 1.54) is 0 Å². The van der Waals surface area contributed by atoms with E-state index in [-0.39, 0.29) is 23.3 Å². The number of amides is 2. The Bertz CT molecular complexity index is 665. The number of nitrogens with one attached hydrogen (secondary N) is 1. The monoisotopic (exact) mass is 341 g/mol. The fourth-order valence-electron chi connectivity index (χ4n) is 4.71. The van der Waals surface area contributed by atoms with E-state index in [1.807, 2.05) is 49.1 Å². The first-order valence-electron chi connectivity index (χ1n) is 9.40. The Morgan fingerprint density at radius 1 is 1.00 bits per heavy atom. The van der Waals surface area contributed by atoms with Crippen molar-refractivity contribution in [1.82, 2.24) is 10.2 Å². The third-order valence-electron chi connectivity index (χ3n) is 6.38. The second-order valence-corrected chi connectivity index (χ2v) is 8.18. The lowest BCUT2D eigenvalue weighted by Crippen LogP contribution is -2.68. The van der Waals surface area contributed by atoms with E-state index < -0.39 is 0 Å². The molecule has 3 saturated heterocycles. The molecule has 2 atom stereocenters. The number of anilines is 1. The Balaban J connectivity index is 1.36. The Hall–Kier alpha value is -1.88. The van der Waals surface area contributed by atoms with Gasteiger partial charge in [-0.25, -0.2) is 0 Å². The van der Waals surface area contributed by atoms with Crippen LogP contribution < -0.4 is 10.2 Å². The molecule has 1 aromatic carbocycles. The van der Waals surface area contributed by atoms with Crippen molar-refractivity contribution in [1.29, 1.82) is 0 Å². The Kier molecular flexibility index (Phi) is 4.07. The molecule has 25 heavy (non-hydrogen) atoms. The molecular formula is C20H27N3O2. The van der Waals surface area contributed by atoms with Gasteiger partial charge in [-0.2, -0.15) is 0 Å². The van der Waals surface area contributed by atoms with Crippen LogP contribution in [0.2, 0.25) is 0 Å². The summed E-state index contributed by atoms with van der Waals surface area (Å²) >= 11 is 0. The molecule has 0 bridgehead atoms. The van der Waals surface area contributed by atoms with Gasteiger partial charge in [-0.3, -0.25) is 14.5 Å². The molecule has 0 spiro atoms. The number of carbonyl (C=O) groups is 2. The molecule has 3 aliphatic heterocycles. The molecule has 2 unspecified atom stereocenters. The van der Waals surface area contributed by atoms with E-state index in [4.69, 9.17) is 0 Å². The van der Waals surface area contributed by atoms with E-state index in [9.17, 15) is 9.59 Å². The number of hydrogen-bond acceptors (Lipinski definition) is 3. The minimum absolute atomic E-state index is 0.0187. The highest BCUT2D eigenvalue weighted by molar-refractivity contribution is 5.99. The van der Waals surface area contributed by atoms with Gasteiger partial charge in [0.15, 0.2) is 0 Å². The number of benzene rings is 1. The van der Waals surface area contributed by atoms with Gasteiger partial charge in [0.1, 0.15) is 0 Å². The lowest BCUT2D eigenvalue weighted by molar-refractivity contribution is -0.146. The van der Waals surface area contributed by atoms with Crippen LogP contribution in [-0.2, 0) is 9.59 Å². The molecule has 3 heterocycles. The number of rotatable bonds is 3. The largest absolute Gasteiger partial charge is 0.351 e. The van der Waals surface area contributed by atoms with E-state index in [2.05, 4.69) is 10.2 Å². The number of para-hydroxylation sites is 1. The van der Waals surface area contributed by atoms with Crippen LogP contribution in [0.4, 0.5) is 5.69 Å². The van der Waals surface area contributed by atoms with Crippen molar-refractivity contribution < 1.29 is 9.59 Å². The molecule has 1 N–H and O–H groups in total. The van der Waals surface area contributed by atoms with Crippen LogP contribution in [-0.4, -0.2) is 48.4 Å². The summed E-state index contributed by atoms with van der Waals surface area (Å²) in [5.74, 6) is 0.942. The number of β-lactam (4-membered cyclic amide) rings is 1. The van der Waals surface area contributed by atoms with Gasteiger partial charge in [0, 0.05) is 18.3 Å². The zero-order chi connectivity index (χ0) is 17.6. The minimum Gasteiger partial charge on any atom is -0.351 e. The summed E-state index contributed by atoms with van der Waals surface area (Å²) in [6.07, 6.45) is 3.02. The molecular weight excluding hydrogens is 314 g/mol. The predicted octanol–water partition coefficient (Wildman–Crippen LogP) is 2.03. The van der Waals surface area contributed by atoms with Gasteiger partial charge in [-0.1, -0.05) is 18.2 Å². The van der Waals surface area contributed by atoms with Gasteiger partial charge in [-0.15, -0.1) is 0 Å². The summed E-state index contributed by atoms with van der Waals surface area (Å²) < 4.78 is 0. The average Bonchev–Trinajstić information content (AvgIpc) is 3.02. The lowest BCUT2D eigenvalue weighted by atomic mass is 9.68. The number of hydrogen-bond donors (Lipinski definition) is 1. The third-order valence-corrected chi connectivity index (χ3v) is 6.38. The van der Waals surface area contributed by atoms with Crippen LogP contribution in [0.5, 0.6) is 0 Å². The summed E-state index contributed by atoms with van der Waals surface area (Å²) in [7, 11) is 0. The molecule has 1 aromatic rings. The van der Waals surface area contributed by atoms with E-state index >= 15 is 0 Å². The average molecular weight is 341 g/mol. The molecule has 5 heteroatoms. The molecule has 0 radical (unpaired) electrons. The standard InChI is InChI=1S/C20H27N3O2/c1-20(2)17(21-19(20)25)14-8-11-22(12-9-14)16-10-13-23(18(16)24)15-6-4-3-5-7-15/h3-7,14,16-17H,8-13H2,1-2H3,(H,21,25). The Morgan fingerprint density at radius 2 is 1.68 bits per heavy atom. The predicted molar refractivity (Wildman–Crippen MR) is 97.2 cm³/mol. The van der Waals surface area contributed by atoms with Crippen molar-refractivity contribution in [2.45, 2.75) is 45.2 Å². The number of nitrogens with zero attached hydrogens (tertiary/aromatic N) is 2. The highest BCUT2D eigenvalue weighted by Crippen LogP contribution is 2.39. The summed E-state index contributed by atoms with van der Waals surface area (Å²) in [5, 5.41) is 3.09. The van der Waals surface area contributed by atoms with Crippen LogP contribution >= 0.6 is 0 Å². The molecule has 0 saturated carbocycles. The summed E-state index contributed by atoms with van der Waals surface area (Å²) in [4.78, 5) is 28.9. The first-order valence-corrected chi connectivity index (χ1v) is 9.40. The van der Waals surface area contributed by atoms with Crippen LogP contribution in [0, 0.1) is 11.3 Å². The third kappa shape index (κ3) is 2.74. The summed E-state index contributed by atoms with van der Waals surface area (Å²) in [5.41, 5.74) is 0.768. The van der Waals surface area contributed by atoms with Crippen LogP contribution in [0.15, 0.2) is 30.3 Å². The molecule has 3 fully saturated rings. The van der Waals surface area contributed by atoms with Gasteiger partial charge < -0.3 is 10.2 Å². The normalized spacial score (nSPS) is 30.2. The molecule has 3 aliphatic rings. The number of carbonyl (C=O) groups excluding carboxylic acids is 2. The highest BCUT2D eigenvalue weighted by Gasteiger charge is 2.51. The number of likely N-dealkylation sites (tertiary alicyclic amines) is 1. The maximum Gasteiger partial charge on any atom is 0.244 e. The second-order valence-electron chi connectivity index (χ2n) is 8.18. The maximum atomic E-state index is 12.9. The van der Waals surface area contributed by atoms with E-state index in [0.29, 0.717) is 12.0 Å². The molecule has 0 aromatic heterocycles. The van der Waals surface area contributed by atoms with Crippen molar-refractivity contribution in [2.75, 3.05) is 24.5 Å². The smallest absolute Gasteiger partial charge is 0.244 e. The lowest BCUT2D eigenvalue weighted by Gasteiger charge is -2.50. The molecule has 5 nitrogen and oxygen atoms in total. The van der Waals surface area contributed by atoms with E-state index in [1.54, 1.807) is 0 Å². The SMILES string of the molecule is CC1(C)C(=O)NC1C1CCN(C2CCN(c3ccccc3)C2=O)CC1.